The molecular formula is C24H26N4O3. The van der Waals surface area contributed by atoms with E-state index in [4.69, 9.17) is 9.47 Å². The minimum absolute atomic E-state index is 0.165. The summed E-state index contributed by atoms with van der Waals surface area (Å²) in [5.41, 5.74) is 3.34. The second-order valence-corrected chi connectivity index (χ2v) is 7.83. The lowest BCUT2D eigenvalue weighted by Gasteiger charge is -2.26. The summed E-state index contributed by atoms with van der Waals surface area (Å²) in [6.45, 7) is 5.58. The van der Waals surface area contributed by atoms with Crippen molar-refractivity contribution >= 4 is 33.4 Å². The molecular weight excluding hydrogens is 392 g/mol. The fraction of sp³-hybridized carbons (Fsp3) is 0.292. The van der Waals surface area contributed by atoms with Gasteiger partial charge < -0.3 is 24.3 Å². The van der Waals surface area contributed by atoms with Crippen LogP contribution in [0.4, 0.5) is 5.69 Å². The minimum atomic E-state index is -0.165. The van der Waals surface area contributed by atoms with Crippen LogP contribution in [-0.4, -0.2) is 60.3 Å². The number of nitrogens with one attached hydrogen (secondary N) is 2. The van der Waals surface area contributed by atoms with Gasteiger partial charge in [-0.05, 0) is 42.5 Å². The molecule has 2 N–H and O–H groups in total. The van der Waals surface area contributed by atoms with Crippen molar-refractivity contribution in [3.05, 3.63) is 60.4 Å². The lowest BCUT2D eigenvalue weighted by atomic mass is 10.2. The summed E-state index contributed by atoms with van der Waals surface area (Å²) < 4.78 is 12.9. The molecule has 2 aromatic heterocycles. The van der Waals surface area contributed by atoms with E-state index in [1.807, 2.05) is 36.4 Å². The Bertz CT molecular complexity index is 1220. The molecule has 0 spiro atoms. The van der Waals surface area contributed by atoms with Crippen LogP contribution in [0.15, 0.2) is 54.7 Å². The third-order valence-corrected chi connectivity index (χ3v) is 5.86. The highest BCUT2D eigenvalue weighted by molar-refractivity contribution is 6.06. The lowest BCUT2D eigenvalue weighted by molar-refractivity contribution is 0.0365. The first-order valence-corrected chi connectivity index (χ1v) is 10.6. The summed E-state index contributed by atoms with van der Waals surface area (Å²) in [7, 11) is 1.63. The number of amides is 1. The molecule has 1 amide bonds. The molecule has 0 saturated carbocycles. The van der Waals surface area contributed by atoms with Crippen molar-refractivity contribution in [3.63, 3.8) is 0 Å². The van der Waals surface area contributed by atoms with Crippen LogP contribution < -0.4 is 10.1 Å². The molecule has 0 unspecified atom stereocenters. The molecule has 1 fully saturated rings. The molecule has 1 aliphatic rings. The van der Waals surface area contributed by atoms with Crippen molar-refractivity contribution in [2.45, 2.75) is 6.54 Å². The van der Waals surface area contributed by atoms with Gasteiger partial charge in [-0.3, -0.25) is 9.69 Å². The van der Waals surface area contributed by atoms with Crippen molar-refractivity contribution in [3.8, 4) is 5.75 Å². The SMILES string of the molecule is COc1ccc2cc(C(=O)Nc3ccc4c(ccn4CCN4CCOCC4)c3)[nH]c2c1. The number of morpholine rings is 1. The van der Waals surface area contributed by atoms with Gasteiger partial charge in [0, 0.05) is 65.9 Å². The van der Waals surface area contributed by atoms with Gasteiger partial charge in [-0.1, -0.05) is 0 Å². The number of benzene rings is 2. The Labute approximate surface area is 180 Å². The van der Waals surface area contributed by atoms with Crippen LogP contribution in [-0.2, 0) is 11.3 Å². The summed E-state index contributed by atoms with van der Waals surface area (Å²) >= 11 is 0. The van der Waals surface area contributed by atoms with E-state index in [1.165, 1.54) is 5.52 Å². The van der Waals surface area contributed by atoms with Crippen molar-refractivity contribution in [2.75, 3.05) is 45.3 Å². The first-order valence-electron chi connectivity index (χ1n) is 10.6. The van der Waals surface area contributed by atoms with Crippen molar-refractivity contribution in [2.24, 2.45) is 0 Å². The standard InChI is InChI=1S/C24H26N4O3/c1-30-20-4-2-17-15-22(26-21(17)16-20)24(29)25-19-3-5-23-18(14-19)6-7-28(23)9-8-27-10-12-31-13-11-27/h2-7,14-16,26H,8-13H2,1H3,(H,25,29). The average Bonchev–Trinajstić information content (AvgIpc) is 3.41. The number of aromatic amines is 1. The van der Waals surface area contributed by atoms with Gasteiger partial charge in [0.15, 0.2) is 0 Å². The molecule has 4 aromatic rings. The molecule has 0 bridgehead atoms. The first kappa shape index (κ1) is 19.7. The van der Waals surface area contributed by atoms with Crippen molar-refractivity contribution in [1.29, 1.82) is 0 Å². The number of carbonyl (C=O) groups excluding carboxylic acids is 1. The zero-order valence-corrected chi connectivity index (χ0v) is 17.6. The summed E-state index contributed by atoms with van der Waals surface area (Å²) in [4.78, 5) is 18.4. The smallest absolute Gasteiger partial charge is 0.272 e. The van der Waals surface area contributed by atoms with E-state index in [1.54, 1.807) is 7.11 Å². The van der Waals surface area contributed by atoms with Gasteiger partial charge in [0.2, 0.25) is 0 Å². The van der Waals surface area contributed by atoms with Crippen LogP contribution in [0.25, 0.3) is 21.8 Å². The molecule has 2 aromatic carbocycles. The third kappa shape index (κ3) is 4.15. The fourth-order valence-electron chi connectivity index (χ4n) is 4.10. The van der Waals surface area contributed by atoms with Crippen LogP contribution in [0.1, 0.15) is 10.5 Å². The molecule has 1 saturated heterocycles. The van der Waals surface area contributed by atoms with E-state index in [-0.39, 0.29) is 5.91 Å². The molecule has 31 heavy (non-hydrogen) atoms. The van der Waals surface area contributed by atoms with Crippen LogP contribution in [0.2, 0.25) is 0 Å². The highest BCUT2D eigenvalue weighted by Gasteiger charge is 2.13. The average molecular weight is 418 g/mol. The van der Waals surface area contributed by atoms with Crippen LogP contribution in [0.5, 0.6) is 5.75 Å². The number of nitrogens with zero attached hydrogens (tertiary/aromatic N) is 2. The summed E-state index contributed by atoms with van der Waals surface area (Å²) in [6, 6.07) is 15.7. The molecule has 7 nitrogen and oxygen atoms in total. The first-order chi connectivity index (χ1) is 15.2. The Morgan fingerprint density at radius 1 is 1.06 bits per heavy atom. The Balaban J connectivity index is 1.28. The topological polar surface area (TPSA) is 71.5 Å². The quantitative estimate of drug-likeness (QED) is 0.501. The molecule has 0 radical (unpaired) electrons. The molecule has 160 valence electrons. The van der Waals surface area contributed by atoms with Gasteiger partial charge in [0.25, 0.3) is 5.91 Å². The van der Waals surface area contributed by atoms with Crippen LogP contribution in [0, 0.1) is 0 Å². The van der Waals surface area contributed by atoms with Gasteiger partial charge in [0.05, 0.1) is 20.3 Å². The van der Waals surface area contributed by atoms with Crippen molar-refractivity contribution < 1.29 is 14.3 Å². The highest BCUT2D eigenvalue weighted by atomic mass is 16.5. The van der Waals surface area contributed by atoms with E-state index in [0.29, 0.717) is 5.69 Å². The Kier molecular flexibility index (Phi) is 5.36. The lowest BCUT2D eigenvalue weighted by Crippen LogP contribution is -2.38. The normalized spacial score (nSPS) is 14.9. The molecule has 1 aliphatic heterocycles. The zero-order chi connectivity index (χ0) is 21.2. The maximum Gasteiger partial charge on any atom is 0.272 e. The van der Waals surface area contributed by atoms with Gasteiger partial charge in [-0.2, -0.15) is 0 Å². The molecule has 0 aliphatic carbocycles. The number of aromatic nitrogens is 2. The van der Waals surface area contributed by atoms with E-state index < -0.39 is 0 Å². The molecule has 7 heteroatoms. The summed E-state index contributed by atoms with van der Waals surface area (Å²) in [6.07, 6.45) is 2.11. The highest BCUT2D eigenvalue weighted by Crippen LogP contribution is 2.24. The monoisotopic (exact) mass is 418 g/mol. The predicted octanol–water partition coefficient (Wildman–Crippen LogP) is 3.72. The maximum absolute atomic E-state index is 12.8. The number of fused-ring (bicyclic) bond motifs is 2. The molecule has 0 atom stereocenters. The van der Waals surface area contributed by atoms with E-state index in [0.717, 1.165) is 67.1 Å². The third-order valence-electron chi connectivity index (χ3n) is 5.86. The summed E-state index contributed by atoms with van der Waals surface area (Å²) in [5, 5.41) is 5.08. The number of carbonyl (C=O) groups is 1. The number of methoxy groups -OCH3 is 1. The number of ether oxygens (including phenoxy) is 2. The minimum Gasteiger partial charge on any atom is -0.497 e. The number of hydrogen-bond acceptors (Lipinski definition) is 4. The Morgan fingerprint density at radius 2 is 1.94 bits per heavy atom. The Morgan fingerprint density at radius 3 is 2.77 bits per heavy atom. The second kappa shape index (κ2) is 8.45. The maximum atomic E-state index is 12.8. The zero-order valence-electron chi connectivity index (χ0n) is 17.6. The van der Waals surface area contributed by atoms with Gasteiger partial charge in [-0.25, -0.2) is 0 Å². The van der Waals surface area contributed by atoms with E-state index >= 15 is 0 Å². The summed E-state index contributed by atoms with van der Waals surface area (Å²) in [5.74, 6) is 0.589. The number of hydrogen-bond donors (Lipinski definition) is 2. The van der Waals surface area contributed by atoms with Gasteiger partial charge in [-0.15, -0.1) is 0 Å². The van der Waals surface area contributed by atoms with E-state index in [2.05, 4.69) is 38.1 Å². The number of H-pyrrole nitrogens is 1. The van der Waals surface area contributed by atoms with Gasteiger partial charge in [0.1, 0.15) is 11.4 Å². The second-order valence-electron chi connectivity index (χ2n) is 7.83. The molecule has 5 rings (SSSR count). The molecule has 3 heterocycles. The largest absolute Gasteiger partial charge is 0.497 e. The fourth-order valence-corrected chi connectivity index (χ4v) is 4.10. The van der Waals surface area contributed by atoms with Crippen LogP contribution in [0.3, 0.4) is 0 Å². The van der Waals surface area contributed by atoms with Crippen molar-refractivity contribution in [1.82, 2.24) is 14.5 Å². The number of anilines is 1. The van der Waals surface area contributed by atoms with Crippen LogP contribution >= 0.6 is 0 Å². The Hall–Kier alpha value is -3.29. The van der Waals surface area contributed by atoms with Gasteiger partial charge >= 0.3 is 0 Å². The predicted molar refractivity (Wildman–Crippen MR) is 122 cm³/mol. The van der Waals surface area contributed by atoms with E-state index in [9.17, 15) is 4.79 Å². The number of rotatable bonds is 6.